The fraction of sp³-hybridized carbons (Fsp3) is 0.667. The molecule has 0 spiro atoms. The molecule has 9 heteroatoms. The van der Waals surface area contributed by atoms with Crippen molar-refractivity contribution in [3.63, 3.8) is 0 Å². The Kier molecular flexibility index (Phi) is 6.76. The molecule has 1 heterocycles. The van der Waals surface area contributed by atoms with Crippen LogP contribution in [-0.2, 0) is 9.47 Å². The normalized spacial score (nSPS) is 13.5. The molecule has 0 radical (unpaired) electrons. The average Bonchev–Trinajstić information content (AvgIpc) is 2.38. The number of hydrogen-bond donors (Lipinski definition) is 2. The molecule has 2 atom stereocenters. The van der Waals surface area contributed by atoms with Gasteiger partial charge in [-0.3, -0.25) is 10.1 Å². The molecule has 118 valence electrons. The first-order chi connectivity index (χ1) is 9.99. The number of nitrogens with zero attached hydrogens (tertiary/aromatic N) is 3. The van der Waals surface area contributed by atoms with E-state index in [1.807, 2.05) is 13.8 Å². The number of methoxy groups -OCH3 is 2. The molecule has 1 rings (SSSR count). The predicted octanol–water partition coefficient (Wildman–Crippen LogP) is 1.28. The maximum Gasteiger partial charge on any atom is 0.353 e. The van der Waals surface area contributed by atoms with E-state index in [-0.39, 0.29) is 29.4 Å². The summed E-state index contributed by atoms with van der Waals surface area (Å²) in [6.45, 7) is 4.50. The molecule has 0 aliphatic heterocycles. The van der Waals surface area contributed by atoms with Crippen LogP contribution < -0.4 is 10.6 Å². The van der Waals surface area contributed by atoms with Crippen LogP contribution in [0.4, 0.5) is 17.3 Å². The highest BCUT2D eigenvalue weighted by molar-refractivity contribution is 5.69. The Balaban J connectivity index is 3.01. The number of nitrogens with one attached hydrogen (secondary N) is 2. The van der Waals surface area contributed by atoms with Crippen molar-refractivity contribution in [1.29, 1.82) is 0 Å². The molecule has 0 saturated carbocycles. The SMILES string of the molecule is COCC(C)Nc1ncnc(NC(C)COC)c1[N+](=O)[O-]. The van der Waals surface area contributed by atoms with Gasteiger partial charge in [0.1, 0.15) is 6.33 Å². The molecule has 1 aromatic heterocycles. The fourth-order valence-corrected chi connectivity index (χ4v) is 1.81. The van der Waals surface area contributed by atoms with Gasteiger partial charge in [0, 0.05) is 26.3 Å². The zero-order valence-electron chi connectivity index (χ0n) is 12.6. The fourth-order valence-electron chi connectivity index (χ4n) is 1.81. The van der Waals surface area contributed by atoms with E-state index in [1.165, 1.54) is 6.33 Å². The number of rotatable bonds is 9. The molecule has 21 heavy (non-hydrogen) atoms. The average molecular weight is 299 g/mol. The second kappa shape index (κ2) is 8.32. The highest BCUT2D eigenvalue weighted by Crippen LogP contribution is 2.29. The van der Waals surface area contributed by atoms with Crippen molar-refractivity contribution in [1.82, 2.24) is 9.97 Å². The topological polar surface area (TPSA) is 111 Å². The van der Waals surface area contributed by atoms with Gasteiger partial charge in [-0.25, -0.2) is 9.97 Å². The van der Waals surface area contributed by atoms with Crippen molar-refractivity contribution in [2.24, 2.45) is 0 Å². The van der Waals surface area contributed by atoms with Gasteiger partial charge in [0.05, 0.1) is 18.1 Å². The Morgan fingerprint density at radius 2 is 1.57 bits per heavy atom. The van der Waals surface area contributed by atoms with Gasteiger partial charge in [-0.15, -0.1) is 0 Å². The van der Waals surface area contributed by atoms with Crippen molar-refractivity contribution in [2.75, 3.05) is 38.1 Å². The second-order valence-electron chi connectivity index (χ2n) is 4.68. The van der Waals surface area contributed by atoms with Crippen LogP contribution in [0, 0.1) is 10.1 Å². The Labute approximate surface area is 123 Å². The Morgan fingerprint density at radius 1 is 1.14 bits per heavy atom. The number of aromatic nitrogens is 2. The smallest absolute Gasteiger partial charge is 0.353 e. The lowest BCUT2D eigenvalue weighted by atomic mass is 10.3. The van der Waals surface area contributed by atoms with Crippen LogP contribution in [0.1, 0.15) is 13.8 Å². The third-order valence-corrected chi connectivity index (χ3v) is 2.60. The predicted molar refractivity (Wildman–Crippen MR) is 78.6 cm³/mol. The zero-order chi connectivity index (χ0) is 15.8. The summed E-state index contributed by atoms with van der Waals surface area (Å²) in [4.78, 5) is 18.7. The van der Waals surface area contributed by atoms with Crippen LogP contribution in [0.2, 0.25) is 0 Å². The van der Waals surface area contributed by atoms with Gasteiger partial charge in [-0.2, -0.15) is 0 Å². The summed E-state index contributed by atoms with van der Waals surface area (Å²) in [5.41, 5.74) is -0.191. The number of anilines is 2. The number of ether oxygens (including phenoxy) is 2. The summed E-state index contributed by atoms with van der Waals surface area (Å²) in [6.07, 6.45) is 1.27. The molecule has 0 aliphatic carbocycles. The minimum absolute atomic E-state index is 0.118. The summed E-state index contributed by atoms with van der Waals surface area (Å²) in [7, 11) is 3.12. The maximum absolute atomic E-state index is 11.3. The van der Waals surface area contributed by atoms with E-state index in [0.29, 0.717) is 13.2 Å². The molecular formula is C12H21N5O4. The summed E-state index contributed by atoms with van der Waals surface area (Å²) < 4.78 is 9.99. The van der Waals surface area contributed by atoms with E-state index in [1.54, 1.807) is 14.2 Å². The standard InChI is InChI=1S/C12H21N5O4/c1-8(5-20-3)15-11-10(17(18)19)12(14-7-13-11)16-9(2)6-21-4/h7-9H,5-6H2,1-4H3,(H2,13,14,15,16). The van der Waals surface area contributed by atoms with Gasteiger partial charge in [0.15, 0.2) is 0 Å². The Bertz CT molecular complexity index is 439. The van der Waals surface area contributed by atoms with Gasteiger partial charge < -0.3 is 20.1 Å². The van der Waals surface area contributed by atoms with Crippen LogP contribution in [-0.4, -0.2) is 54.4 Å². The van der Waals surface area contributed by atoms with E-state index in [9.17, 15) is 10.1 Å². The van der Waals surface area contributed by atoms with Gasteiger partial charge in [-0.1, -0.05) is 0 Å². The van der Waals surface area contributed by atoms with Gasteiger partial charge in [0.2, 0.25) is 11.6 Å². The molecular weight excluding hydrogens is 278 g/mol. The van der Waals surface area contributed by atoms with Crippen LogP contribution in [0.3, 0.4) is 0 Å². The third-order valence-electron chi connectivity index (χ3n) is 2.60. The van der Waals surface area contributed by atoms with Crippen LogP contribution in [0.5, 0.6) is 0 Å². The van der Waals surface area contributed by atoms with Crippen molar-refractivity contribution in [2.45, 2.75) is 25.9 Å². The summed E-state index contributed by atoms with van der Waals surface area (Å²) in [6, 6.07) is -0.235. The Hall–Kier alpha value is -2.00. The molecule has 9 nitrogen and oxygen atoms in total. The molecule has 0 saturated heterocycles. The number of nitro groups is 1. The van der Waals surface area contributed by atoms with Crippen molar-refractivity contribution in [3.8, 4) is 0 Å². The first-order valence-corrected chi connectivity index (χ1v) is 6.49. The van der Waals surface area contributed by atoms with Crippen LogP contribution in [0.15, 0.2) is 6.33 Å². The molecule has 2 unspecified atom stereocenters. The van der Waals surface area contributed by atoms with Crippen LogP contribution in [0.25, 0.3) is 0 Å². The van der Waals surface area contributed by atoms with E-state index in [4.69, 9.17) is 9.47 Å². The second-order valence-corrected chi connectivity index (χ2v) is 4.68. The first-order valence-electron chi connectivity index (χ1n) is 6.49. The quantitative estimate of drug-likeness (QED) is 0.518. The molecule has 0 aliphatic rings. The van der Waals surface area contributed by atoms with Gasteiger partial charge in [-0.05, 0) is 13.8 Å². The van der Waals surface area contributed by atoms with E-state index >= 15 is 0 Å². The van der Waals surface area contributed by atoms with E-state index in [2.05, 4.69) is 20.6 Å². The molecule has 0 aromatic carbocycles. The third kappa shape index (κ3) is 5.12. The molecule has 0 amide bonds. The lowest BCUT2D eigenvalue weighted by Crippen LogP contribution is -2.25. The highest BCUT2D eigenvalue weighted by atomic mass is 16.6. The van der Waals surface area contributed by atoms with Crippen molar-refractivity contribution in [3.05, 3.63) is 16.4 Å². The monoisotopic (exact) mass is 299 g/mol. The molecule has 1 aromatic rings. The summed E-state index contributed by atoms with van der Waals surface area (Å²) in [5, 5.41) is 17.2. The minimum atomic E-state index is -0.510. The van der Waals surface area contributed by atoms with Crippen molar-refractivity contribution >= 4 is 17.3 Å². The van der Waals surface area contributed by atoms with E-state index in [0.717, 1.165) is 0 Å². The summed E-state index contributed by atoms with van der Waals surface area (Å²) in [5.74, 6) is 0.318. The maximum atomic E-state index is 11.3. The van der Waals surface area contributed by atoms with Crippen LogP contribution >= 0.6 is 0 Å². The lowest BCUT2D eigenvalue weighted by molar-refractivity contribution is -0.383. The minimum Gasteiger partial charge on any atom is -0.383 e. The van der Waals surface area contributed by atoms with Gasteiger partial charge in [0.25, 0.3) is 0 Å². The van der Waals surface area contributed by atoms with Gasteiger partial charge >= 0.3 is 5.69 Å². The van der Waals surface area contributed by atoms with Crippen molar-refractivity contribution < 1.29 is 14.4 Å². The molecule has 0 bridgehead atoms. The summed E-state index contributed by atoms with van der Waals surface area (Å²) >= 11 is 0. The highest BCUT2D eigenvalue weighted by Gasteiger charge is 2.24. The molecule has 0 fully saturated rings. The molecule has 2 N–H and O–H groups in total. The lowest BCUT2D eigenvalue weighted by Gasteiger charge is -2.16. The largest absolute Gasteiger partial charge is 0.383 e. The Morgan fingerprint density at radius 3 is 1.90 bits per heavy atom. The van der Waals surface area contributed by atoms with E-state index < -0.39 is 4.92 Å². The zero-order valence-corrected chi connectivity index (χ0v) is 12.6. The first kappa shape index (κ1) is 17.1. The number of hydrogen-bond acceptors (Lipinski definition) is 8.